The van der Waals surface area contributed by atoms with E-state index in [0.29, 0.717) is 23.1 Å². The van der Waals surface area contributed by atoms with Gasteiger partial charge in [0.25, 0.3) is 0 Å². The fraction of sp³-hybridized carbons (Fsp3) is 0.250. The molecule has 0 aliphatic rings. The molecule has 3 rings (SSSR count). The van der Waals surface area contributed by atoms with Crippen LogP contribution in [-0.4, -0.2) is 27.4 Å². The number of nitrogens with one attached hydrogen (secondary N) is 2. The molecule has 0 radical (unpaired) electrons. The van der Waals surface area contributed by atoms with Gasteiger partial charge in [0.1, 0.15) is 5.82 Å². The van der Waals surface area contributed by atoms with Gasteiger partial charge in [0.05, 0.1) is 12.2 Å². The van der Waals surface area contributed by atoms with E-state index in [2.05, 4.69) is 59.2 Å². The Morgan fingerprint density at radius 2 is 1.72 bits per heavy atom. The molecule has 1 amide bonds. The zero-order valence-corrected chi connectivity index (χ0v) is 19.9. The van der Waals surface area contributed by atoms with Gasteiger partial charge in [-0.15, -0.1) is 12.8 Å². The minimum atomic E-state index is -0.169. The van der Waals surface area contributed by atoms with Gasteiger partial charge in [-0.1, -0.05) is 44.5 Å². The first-order valence-corrected chi connectivity index (χ1v) is 10.6. The maximum atomic E-state index is 12.0. The first kappa shape index (κ1) is 26.9. The number of hydrogen-bond donors (Lipinski definition) is 2. The van der Waals surface area contributed by atoms with Crippen LogP contribution in [-0.2, 0) is 11.3 Å². The summed E-state index contributed by atoms with van der Waals surface area (Å²) in [6.45, 7) is 6.98. The average molecular weight is 472 g/mol. The van der Waals surface area contributed by atoms with E-state index in [1.54, 1.807) is 30.6 Å². The molecular formula is C24H27Cl2N5O. The number of rotatable bonds is 6. The van der Waals surface area contributed by atoms with Crippen molar-refractivity contribution >= 4 is 34.9 Å². The summed E-state index contributed by atoms with van der Waals surface area (Å²) in [7, 11) is 0. The molecule has 168 valence electrons. The quantitative estimate of drug-likeness (QED) is 0.367. The van der Waals surface area contributed by atoms with Gasteiger partial charge in [-0.2, -0.15) is 0 Å². The number of benzene rings is 1. The van der Waals surface area contributed by atoms with Crippen molar-refractivity contribution in [2.45, 2.75) is 27.3 Å². The highest BCUT2D eigenvalue weighted by Gasteiger charge is 2.07. The molecule has 0 bridgehead atoms. The van der Waals surface area contributed by atoms with Crippen molar-refractivity contribution in [3.8, 4) is 24.1 Å². The summed E-state index contributed by atoms with van der Waals surface area (Å²) >= 11 is 11.8. The Labute approximate surface area is 199 Å². The van der Waals surface area contributed by atoms with Crippen molar-refractivity contribution in [1.29, 1.82) is 0 Å². The van der Waals surface area contributed by atoms with Crippen LogP contribution in [0.4, 0.5) is 5.82 Å². The first-order valence-electron chi connectivity index (χ1n) is 9.87. The fourth-order valence-corrected chi connectivity index (χ4v) is 2.51. The molecule has 32 heavy (non-hydrogen) atoms. The van der Waals surface area contributed by atoms with Crippen LogP contribution < -0.4 is 10.6 Å². The number of aromatic nitrogens is 3. The summed E-state index contributed by atoms with van der Waals surface area (Å²) in [6, 6.07) is 12.7. The van der Waals surface area contributed by atoms with E-state index in [1.165, 1.54) is 0 Å². The van der Waals surface area contributed by atoms with Crippen LogP contribution in [0.25, 0.3) is 11.3 Å². The molecule has 6 nitrogen and oxygen atoms in total. The van der Waals surface area contributed by atoms with Crippen LogP contribution in [0.3, 0.4) is 0 Å². The van der Waals surface area contributed by atoms with E-state index in [0.717, 1.165) is 17.0 Å². The van der Waals surface area contributed by atoms with Crippen molar-refractivity contribution in [2.75, 3.05) is 11.9 Å². The van der Waals surface area contributed by atoms with Crippen LogP contribution in [0.5, 0.6) is 0 Å². The first-order chi connectivity index (χ1) is 15.3. The third-order valence-electron chi connectivity index (χ3n) is 3.49. The number of halogens is 2. The number of amides is 1. The van der Waals surface area contributed by atoms with Crippen LogP contribution in [0.2, 0.25) is 10.3 Å². The predicted molar refractivity (Wildman–Crippen MR) is 132 cm³/mol. The van der Waals surface area contributed by atoms with E-state index >= 15 is 0 Å². The Balaban J connectivity index is 0.000000769. The number of carbonyl (C=O) groups excluding carboxylic acids is 1. The van der Waals surface area contributed by atoms with Crippen molar-refractivity contribution in [2.24, 2.45) is 5.92 Å². The highest BCUT2D eigenvalue weighted by Crippen LogP contribution is 2.20. The molecule has 0 aliphatic carbocycles. The van der Waals surface area contributed by atoms with Crippen LogP contribution in [0.15, 0.2) is 54.9 Å². The third-order valence-corrected chi connectivity index (χ3v) is 3.91. The molecule has 0 unspecified atom stereocenters. The van der Waals surface area contributed by atoms with E-state index in [1.807, 2.05) is 24.3 Å². The van der Waals surface area contributed by atoms with Crippen LogP contribution >= 0.6 is 23.2 Å². The maximum absolute atomic E-state index is 12.0. The van der Waals surface area contributed by atoms with E-state index in [9.17, 15) is 4.79 Å². The highest BCUT2D eigenvalue weighted by molar-refractivity contribution is 6.30. The minimum absolute atomic E-state index is 0.0629. The molecule has 1 aromatic carbocycles. The van der Waals surface area contributed by atoms with Gasteiger partial charge < -0.3 is 10.6 Å². The van der Waals surface area contributed by atoms with Crippen molar-refractivity contribution < 1.29 is 4.79 Å². The van der Waals surface area contributed by atoms with Gasteiger partial charge in [-0.3, -0.25) is 9.78 Å². The Morgan fingerprint density at radius 3 is 2.31 bits per heavy atom. The number of hydrogen-bond acceptors (Lipinski definition) is 5. The van der Waals surface area contributed by atoms with Gasteiger partial charge in [-0.05, 0) is 47.3 Å². The molecule has 0 saturated heterocycles. The molecule has 0 atom stereocenters. The Kier molecular flexibility index (Phi) is 12.4. The molecule has 0 spiro atoms. The second-order valence-corrected chi connectivity index (χ2v) is 7.91. The molecule has 0 fully saturated rings. The topological polar surface area (TPSA) is 79.8 Å². The third kappa shape index (κ3) is 10.8. The van der Waals surface area contributed by atoms with E-state index in [4.69, 9.17) is 23.2 Å². The lowest BCUT2D eigenvalue weighted by molar-refractivity contribution is -0.119. The molecule has 2 aromatic heterocycles. The number of carbonyl (C=O) groups is 1. The predicted octanol–water partition coefficient (Wildman–Crippen LogP) is 5.49. The number of anilines is 1. The molecule has 0 saturated carbocycles. The van der Waals surface area contributed by atoms with Gasteiger partial charge in [0.2, 0.25) is 11.2 Å². The number of pyridine rings is 1. The maximum Gasteiger partial charge on any atom is 0.239 e. The number of terminal acetylenes is 1. The second kappa shape index (κ2) is 14.8. The average Bonchev–Trinajstić information content (AvgIpc) is 2.78. The lowest BCUT2D eigenvalue weighted by Gasteiger charge is -2.09. The SMILES string of the molecule is C#C.CC(C)C.O=C(CNc1cc(-c2cccnc2)nc(Cl)n1)NCc1ccc(Cl)cc1. The smallest absolute Gasteiger partial charge is 0.239 e. The fourth-order valence-electron chi connectivity index (χ4n) is 2.21. The zero-order valence-electron chi connectivity index (χ0n) is 18.3. The summed E-state index contributed by atoms with van der Waals surface area (Å²) in [5, 5.41) is 6.52. The molecular weight excluding hydrogens is 445 g/mol. The van der Waals surface area contributed by atoms with Gasteiger partial charge in [-0.25, -0.2) is 9.97 Å². The summed E-state index contributed by atoms with van der Waals surface area (Å²) in [5.74, 6) is 1.13. The number of nitrogens with zero attached hydrogens (tertiary/aromatic N) is 3. The van der Waals surface area contributed by atoms with E-state index in [-0.39, 0.29) is 17.7 Å². The minimum Gasteiger partial charge on any atom is -0.361 e. The van der Waals surface area contributed by atoms with E-state index < -0.39 is 0 Å². The van der Waals surface area contributed by atoms with Crippen LogP contribution in [0, 0.1) is 18.8 Å². The molecule has 2 heterocycles. The van der Waals surface area contributed by atoms with Gasteiger partial charge >= 0.3 is 0 Å². The largest absolute Gasteiger partial charge is 0.361 e. The molecule has 2 N–H and O–H groups in total. The Hall–Kier alpha value is -3.14. The van der Waals surface area contributed by atoms with Gasteiger partial charge in [0, 0.05) is 35.6 Å². The summed E-state index contributed by atoms with van der Waals surface area (Å²) in [6.07, 6.45) is 11.4. The van der Waals surface area contributed by atoms with Crippen molar-refractivity contribution in [1.82, 2.24) is 20.3 Å². The molecule has 0 aliphatic heterocycles. The Morgan fingerprint density at radius 1 is 1.06 bits per heavy atom. The summed E-state index contributed by atoms with van der Waals surface area (Å²) in [4.78, 5) is 24.3. The highest BCUT2D eigenvalue weighted by atomic mass is 35.5. The monoisotopic (exact) mass is 471 g/mol. The van der Waals surface area contributed by atoms with Crippen molar-refractivity contribution in [3.05, 3.63) is 70.7 Å². The van der Waals surface area contributed by atoms with Crippen LogP contribution in [0.1, 0.15) is 26.3 Å². The zero-order chi connectivity index (χ0) is 23.9. The summed E-state index contributed by atoms with van der Waals surface area (Å²) in [5.41, 5.74) is 2.40. The normalized spacial score (nSPS) is 9.62. The summed E-state index contributed by atoms with van der Waals surface area (Å²) < 4.78 is 0. The Bertz CT molecular complexity index is 974. The molecule has 3 aromatic rings. The van der Waals surface area contributed by atoms with Gasteiger partial charge in [0.15, 0.2) is 0 Å². The lowest BCUT2D eigenvalue weighted by Crippen LogP contribution is -2.29. The standard InChI is InChI=1S/C18H15Cl2N5O.C4H10.C2H2/c19-14-5-3-12(4-6-14)9-23-17(26)11-22-16-8-15(24-18(20)25-16)13-2-1-7-21-10-13;1-4(2)3;1-2/h1-8,10H,9,11H2,(H,23,26)(H,22,24,25);4H,1-3H3;1-2H. The van der Waals surface area contributed by atoms with Crippen molar-refractivity contribution in [3.63, 3.8) is 0 Å². The molecule has 8 heteroatoms. The lowest BCUT2D eigenvalue weighted by atomic mass is 10.2. The second-order valence-electron chi connectivity index (χ2n) is 7.14.